The summed E-state index contributed by atoms with van der Waals surface area (Å²) in [6.45, 7) is 14.3. The van der Waals surface area contributed by atoms with Gasteiger partial charge in [0.05, 0.1) is 0 Å². The second-order valence-electron chi connectivity index (χ2n) is 4.75. The van der Waals surface area contributed by atoms with Crippen LogP contribution in [0.1, 0.15) is 33.6 Å². The first kappa shape index (κ1) is 12.7. The molecule has 1 aliphatic rings. The molecule has 0 radical (unpaired) electrons. The van der Waals surface area contributed by atoms with Gasteiger partial charge in [-0.3, -0.25) is 0 Å². The lowest BCUT2D eigenvalue weighted by Crippen LogP contribution is -2.44. The molecule has 0 aromatic rings. The molecule has 1 heterocycles. The third-order valence-corrected chi connectivity index (χ3v) is 3.67. The molecule has 0 aromatic heterocycles. The fourth-order valence-electron chi connectivity index (χ4n) is 2.39. The molecule has 0 bridgehead atoms. The molecule has 1 saturated heterocycles. The maximum absolute atomic E-state index is 3.81. The van der Waals surface area contributed by atoms with E-state index in [0.717, 1.165) is 5.92 Å². The topological polar surface area (TPSA) is 15.3 Å². The maximum atomic E-state index is 3.81. The highest BCUT2D eigenvalue weighted by molar-refractivity contribution is 4.87. The number of hydrogen-bond donors (Lipinski definition) is 1. The Kier molecular flexibility index (Phi) is 5.34. The third kappa shape index (κ3) is 3.96. The van der Waals surface area contributed by atoms with E-state index in [1.54, 1.807) is 0 Å². The molecule has 1 fully saturated rings. The van der Waals surface area contributed by atoms with Crippen molar-refractivity contribution in [2.45, 2.75) is 45.7 Å². The number of hydrogen-bond acceptors (Lipinski definition) is 2. The van der Waals surface area contributed by atoms with Crippen LogP contribution in [0.5, 0.6) is 0 Å². The van der Waals surface area contributed by atoms with Crippen LogP contribution in [0.3, 0.4) is 0 Å². The Hall–Kier alpha value is -0.340. The summed E-state index contributed by atoms with van der Waals surface area (Å²) in [5.41, 5.74) is 0. The van der Waals surface area contributed by atoms with Crippen molar-refractivity contribution in [3.05, 3.63) is 12.7 Å². The normalized spacial score (nSPS) is 23.7. The summed E-state index contributed by atoms with van der Waals surface area (Å²) in [5, 5.41) is 3.60. The van der Waals surface area contributed by atoms with E-state index in [0.29, 0.717) is 12.1 Å². The van der Waals surface area contributed by atoms with Crippen LogP contribution in [-0.2, 0) is 0 Å². The monoisotopic (exact) mass is 210 g/mol. The summed E-state index contributed by atoms with van der Waals surface area (Å²) in [6, 6.07) is 1.06. The number of nitrogens with zero attached hydrogens (tertiary/aromatic N) is 1. The van der Waals surface area contributed by atoms with Crippen molar-refractivity contribution in [2.75, 3.05) is 19.6 Å². The zero-order chi connectivity index (χ0) is 11.3. The summed E-state index contributed by atoms with van der Waals surface area (Å²) in [5.74, 6) is 0.843. The minimum Gasteiger partial charge on any atom is -0.308 e. The number of likely N-dealkylation sites (tertiary alicyclic amines) is 1. The second-order valence-corrected chi connectivity index (χ2v) is 4.75. The van der Waals surface area contributed by atoms with Crippen molar-refractivity contribution < 1.29 is 0 Å². The molecule has 2 nitrogen and oxygen atoms in total. The van der Waals surface area contributed by atoms with E-state index in [1.165, 1.54) is 32.5 Å². The Balaban J connectivity index is 2.29. The number of piperidine rings is 1. The molecule has 1 N–H and O–H groups in total. The summed E-state index contributed by atoms with van der Waals surface area (Å²) in [7, 11) is 0. The van der Waals surface area contributed by atoms with Crippen molar-refractivity contribution >= 4 is 0 Å². The smallest absolute Gasteiger partial charge is 0.0221 e. The minimum atomic E-state index is 0.434. The molecule has 1 rings (SSSR count). The average Bonchev–Trinajstić information content (AvgIpc) is 2.29. The Morgan fingerprint density at radius 1 is 1.40 bits per heavy atom. The van der Waals surface area contributed by atoms with Gasteiger partial charge in [-0.25, -0.2) is 0 Å². The Bertz CT molecular complexity index is 183. The van der Waals surface area contributed by atoms with Crippen LogP contribution in [0.2, 0.25) is 0 Å². The molecular weight excluding hydrogens is 184 g/mol. The van der Waals surface area contributed by atoms with Gasteiger partial charge < -0.3 is 10.2 Å². The molecule has 0 aromatic carbocycles. The first-order valence-electron chi connectivity index (χ1n) is 6.28. The molecular formula is C13H26N2. The van der Waals surface area contributed by atoms with Crippen LogP contribution in [0.25, 0.3) is 0 Å². The molecule has 1 aliphatic heterocycles. The van der Waals surface area contributed by atoms with E-state index in [1.807, 2.05) is 6.08 Å². The van der Waals surface area contributed by atoms with E-state index in [9.17, 15) is 0 Å². The highest BCUT2D eigenvalue weighted by Gasteiger charge is 2.23. The summed E-state index contributed by atoms with van der Waals surface area (Å²) in [4.78, 5) is 2.54. The lowest BCUT2D eigenvalue weighted by Gasteiger charge is -2.35. The highest BCUT2D eigenvalue weighted by atomic mass is 15.1. The van der Waals surface area contributed by atoms with Gasteiger partial charge in [0.1, 0.15) is 0 Å². The Labute approximate surface area is 94.7 Å². The third-order valence-electron chi connectivity index (χ3n) is 3.67. The van der Waals surface area contributed by atoms with E-state index < -0.39 is 0 Å². The zero-order valence-corrected chi connectivity index (χ0v) is 10.5. The van der Waals surface area contributed by atoms with Gasteiger partial charge >= 0.3 is 0 Å². The van der Waals surface area contributed by atoms with Crippen molar-refractivity contribution in [1.82, 2.24) is 10.2 Å². The van der Waals surface area contributed by atoms with Crippen LogP contribution in [-0.4, -0.2) is 36.6 Å². The molecule has 0 spiro atoms. The van der Waals surface area contributed by atoms with Gasteiger partial charge in [0, 0.05) is 12.1 Å². The van der Waals surface area contributed by atoms with Crippen LogP contribution in [0, 0.1) is 5.92 Å². The fraction of sp³-hybridized carbons (Fsp3) is 0.846. The van der Waals surface area contributed by atoms with Gasteiger partial charge in [-0.05, 0) is 52.2 Å². The van der Waals surface area contributed by atoms with E-state index in [-0.39, 0.29) is 0 Å². The number of nitrogens with one attached hydrogen (secondary N) is 1. The molecule has 2 atom stereocenters. The summed E-state index contributed by atoms with van der Waals surface area (Å²) in [6.07, 6.45) is 4.66. The summed E-state index contributed by atoms with van der Waals surface area (Å²) < 4.78 is 0. The average molecular weight is 210 g/mol. The van der Waals surface area contributed by atoms with E-state index >= 15 is 0 Å². The van der Waals surface area contributed by atoms with Gasteiger partial charge in [0.25, 0.3) is 0 Å². The first-order chi connectivity index (χ1) is 7.17. The fourth-order valence-corrected chi connectivity index (χ4v) is 2.39. The summed E-state index contributed by atoms with van der Waals surface area (Å²) >= 11 is 0. The first-order valence-corrected chi connectivity index (χ1v) is 6.28. The predicted octanol–water partition coefficient (Wildman–Crippen LogP) is 2.27. The van der Waals surface area contributed by atoms with Gasteiger partial charge in [0.15, 0.2) is 0 Å². The Morgan fingerprint density at radius 3 is 2.47 bits per heavy atom. The van der Waals surface area contributed by atoms with Gasteiger partial charge in [0.2, 0.25) is 0 Å². The lowest BCUT2D eigenvalue weighted by molar-refractivity contribution is 0.167. The predicted molar refractivity (Wildman–Crippen MR) is 67.1 cm³/mol. The van der Waals surface area contributed by atoms with E-state index in [2.05, 4.69) is 37.6 Å². The van der Waals surface area contributed by atoms with Crippen molar-refractivity contribution in [1.29, 1.82) is 0 Å². The zero-order valence-electron chi connectivity index (χ0n) is 10.5. The Morgan fingerprint density at radius 2 is 2.00 bits per heavy atom. The molecule has 88 valence electrons. The molecule has 2 heteroatoms. The van der Waals surface area contributed by atoms with Crippen molar-refractivity contribution in [2.24, 2.45) is 5.92 Å². The van der Waals surface area contributed by atoms with Crippen LogP contribution >= 0.6 is 0 Å². The maximum Gasteiger partial charge on any atom is 0.0221 e. The van der Waals surface area contributed by atoms with Crippen LogP contribution < -0.4 is 5.32 Å². The molecule has 0 saturated carbocycles. The molecule has 15 heavy (non-hydrogen) atoms. The van der Waals surface area contributed by atoms with Gasteiger partial charge in [-0.1, -0.05) is 13.0 Å². The SMILES string of the molecule is C=CC(C)NC(C)C1CCN(CC)CC1. The van der Waals surface area contributed by atoms with Crippen LogP contribution in [0.15, 0.2) is 12.7 Å². The van der Waals surface area contributed by atoms with E-state index in [4.69, 9.17) is 0 Å². The van der Waals surface area contributed by atoms with Crippen LogP contribution in [0.4, 0.5) is 0 Å². The molecule has 2 unspecified atom stereocenters. The number of rotatable bonds is 5. The quantitative estimate of drug-likeness (QED) is 0.700. The molecule has 0 aliphatic carbocycles. The van der Waals surface area contributed by atoms with Crippen molar-refractivity contribution in [3.63, 3.8) is 0 Å². The lowest BCUT2D eigenvalue weighted by atomic mass is 9.90. The van der Waals surface area contributed by atoms with Gasteiger partial charge in [-0.15, -0.1) is 6.58 Å². The standard InChI is InChI=1S/C13H26N2/c1-5-11(3)14-12(4)13-7-9-15(6-2)10-8-13/h5,11-14H,1,6-10H2,2-4H3. The largest absolute Gasteiger partial charge is 0.308 e. The van der Waals surface area contributed by atoms with Gasteiger partial charge in [-0.2, -0.15) is 0 Å². The second kappa shape index (κ2) is 6.29. The van der Waals surface area contributed by atoms with Crippen molar-refractivity contribution in [3.8, 4) is 0 Å². The minimum absolute atomic E-state index is 0.434. The highest BCUT2D eigenvalue weighted by Crippen LogP contribution is 2.20. The molecule has 0 amide bonds.